The minimum absolute atomic E-state index is 0.123. The molecule has 7 aromatic carbocycles. The van der Waals surface area contributed by atoms with Crippen molar-refractivity contribution in [3.8, 4) is 11.1 Å². The average molecular weight is 540 g/mol. The second kappa shape index (κ2) is 10.7. The fraction of sp³-hybridized carbons (Fsp3) is 0.0732. The van der Waals surface area contributed by atoms with Gasteiger partial charge in [-0.15, -0.1) is 0 Å². The highest BCUT2D eigenvalue weighted by Crippen LogP contribution is 2.39. The van der Waals surface area contributed by atoms with Crippen LogP contribution < -0.4 is 4.90 Å². The maximum atomic E-state index is 2.33. The van der Waals surface area contributed by atoms with Gasteiger partial charge in [-0.2, -0.15) is 0 Å². The molecule has 0 aliphatic rings. The normalized spacial score (nSPS) is 11.6. The number of benzene rings is 7. The molecule has 0 N–H and O–H groups in total. The number of hydrogen-bond donors (Lipinski definition) is 0. The molecule has 0 aliphatic carbocycles. The van der Waals surface area contributed by atoms with Crippen LogP contribution in [0.5, 0.6) is 0 Å². The van der Waals surface area contributed by atoms with E-state index >= 15 is 0 Å². The fourth-order valence-corrected chi connectivity index (χ4v) is 5.97. The summed E-state index contributed by atoms with van der Waals surface area (Å²) in [6.45, 7) is 4.62. The molecular formula is C41H33N. The molecule has 0 amide bonds. The molecule has 1 heteroatoms. The van der Waals surface area contributed by atoms with E-state index in [9.17, 15) is 0 Å². The van der Waals surface area contributed by atoms with Crippen LogP contribution in [0.2, 0.25) is 0 Å². The van der Waals surface area contributed by atoms with Crippen molar-refractivity contribution in [2.75, 3.05) is 4.90 Å². The summed E-state index contributed by atoms with van der Waals surface area (Å²) in [5.41, 5.74) is 8.33. The maximum Gasteiger partial charge on any atom is 0.0462 e. The minimum Gasteiger partial charge on any atom is -0.311 e. The highest BCUT2D eigenvalue weighted by molar-refractivity contribution is 5.88. The lowest BCUT2D eigenvalue weighted by atomic mass is 9.77. The smallest absolute Gasteiger partial charge is 0.0462 e. The molecule has 0 heterocycles. The van der Waals surface area contributed by atoms with Gasteiger partial charge in [0, 0.05) is 22.5 Å². The first-order valence-corrected chi connectivity index (χ1v) is 14.6. The second-order valence-corrected chi connectivity index (χ2v) is 11.5. The number of rotatable bonds is 6. The lowest BCUT2D eigenvalue weighted by Crippen LogP contribution is -2.19. The Morgan fingerprint density at radius 1 is 0.357 bits per heavy atom. The predicted octanol–water partition coefficient (Wildman–Crippen LogP) is 11.5. The number of hydrogen-bond acceptors (Lipinski definition) is 1. The first kappa shape index (κ1) is 25.8. The van der Waals surface area contributed by atoms with Crippen molar-refractivity contribution in [2.24, 2.45) is 0 Å². The molecule has 0 saturated carbocycles. The van der Waals surface area contributed by atoms with Crippen LogP contribution in [0.15, 0.2) is 164 Å². The van der Waals surface area contributed by atoms with Crippen LogP contribution in [0.3, 0.4) is 0 Å². The Bertz CT molecular complexity index is 1980. The van der Waals surface area contributed by atoms with Crippen molar-refractivity contribution in [3.63, 3.8) is 0 Å². The third-order valence-electron chi connectivity index (χ3n) is 8.54. The summed E-state index contributed by atoms with van der Waals surface area (Å²) in [6, 6.07) is 59.2. The predicted molar refractivity (Wildman–Crippen MR) is 180 cm³/mol. The number of para-hydroxylation sites is 1. The molecule has 0 fully saturated rings. The molecule has 1 nitrogen and oxygen atoms in total. The first-order valence-electron chi connectivity index (χ1n) is 14.6. The maximum absolute atomic E-state index is 2.33. The second-order valence-electron chi connectivity index (χ2n) is 11.5. The van der Waals surface area contributed by atoms with E-state index in [4.69, 9.17) is 0 Å². The van der Waals surface area contributed by atoms with E-state index in [1.165, 1.54) is 43.8 Å². The van der Waals surface area contributed by atoms with Crippen molar-refractivity contribution in [3.05, 3.63) is 175 Å². The van der Waals surface area contributed by atoms with Crippen LogP contribution in [-0.2, 0) is 5.41 Å². The van der Waals surface area contributed by atoms with Crippen molar-refractivity contribution in [1.82, 2.24) is 0 Å². The summed E-state index contributed by atoms with van der Waals surface area (Å²) in [5.74, 6) is 0. The van der Waals surface area contributed by atoms with E-state index in [2.05, 4.69) is 183 Å². The third-order valence-corrected chi connectivity index (χ3v) is 8.54. The van der Waals surface area contributed by atoms with Crippen molar-refractivity contribution >= 4 is 38.6 Å². The molecule has 0 unspecified atom stereocenters. The van der Waals surface area contributed by atoms with Gasteiger partial charge in [0.05, 0.1) is 0 Å². The molecule has 7 aromatic rings. The van der Waals surface area contributed by atoms with Gasteiger partial charge < -0.3 is 4.90 Å². The van der Waals surface area contributed by atoms with Gasteiger partial charge in [0.25, 0.3) is 0 Å². The quantitative estimate of drug-likeness (QED) is 0.203. The van der Waals surface area contributed by atoms with E-state index in [1.807, 2.05) is 0 Å². The first-order chi connectivity index (χ1) is 20.6. The molecule has 0 spiro atoms. The summed E-state index contributed by atoms with van der Waals surface area (Å²) in [7, 11) is 0. The van der Waals surface area contributed by atoms with E-state index in [0.717, 1.165) is 17.1 Å². The topological polar surface area (TPSA) is 3.24 Å². The van der Waals surface area contributed by atoms with Gasteiger partial charge in [0.1, 0.15) is 0 Å². The number of anilines is 3. The molecule has 0 saturated heterocycles. The lowest BCUT2D eigenvalue weighted by Gasteiger charge is -2.29. The lowest BCUT2D eigenvalue weighted by molar-refractivity contribution is 0.642. The zero-order chi connectivity index (χ0) is 28.5. The van der Waals surface area contributed by atoms with Gasteiger partial charge in [-0.1, -0.05) is 135 Å². The Balaban J connectivity index is 1.22. The van der Waals surface area contributed by atoms with Crippen LogP contribution >= 0.6 is 0 Å². The van der Waals surface area contributed by atoms with Crippen LogP contribution in [0, 0.1) is 0 Å². The van der Waals surface area contributed by atoms with Crippen molar-refractivity contribution < 1.29 is 0 Å². The summed E-state index contributed by atoms with van der Waals surface area (Å²) < 4.78 is 0. The summed E-state index contributed by atoms with van der Waals surface area (Å²) in [6.07, 6.45) is 0. The Hall–Kier alpha value is -5.14. The molecule has 0 radical (unpaired) electrons. The van der Waals surface area contributed by atoms with E-state index in [0.29, 0.717) is 0 Å². The molecule has 0 aliphatic heterocycles. The van der Waals surface area contributed by atoms with Gasteiger partial charge in [0.15, 0.2) is 0 Å². The highest BCUT2D eigenvalue weighted by Gasteiger charge is 2.24. The zero-order valence-corrected chi connectivity index (χ0v) is 24.0. The average Bonchev–Trinajstić information content (AvgIpc) is 3.05. The molecule has 0 bridgehead atoms. The number of nitrogens with zero attached hydrogens (tertiary/aromatic N) is 1. The van der Waals surface area contributed by atoms with Crippen LogP contribution in [0.4, 0.5) is 17.1 Å². The zero-order valence-electron chi connectivity index (χ0n) is 24.0. The molecule has 202 valence electrons. The van der Waals surface area contributed by atoms with Gasteiger partial charge in [-0.25, -0.2) is 0 Å². The van der Waals surface area contributed by atoms with Crippen LogP contribution in [-0.4, -0.2) is 0 Å². The van der Waals surface area contributed by atoms with Gasteiger partial charge in [-0.3, -0.25) is 0 Å². The molecule has 0 aromatic heterocycles. The van der Waals surface area contributed by atoms with E-state index in [-0.39, 0.29) is 5.41 Å². The van der Waals surface area contributed by atoms with Crippen LogP contribution in [0.25, 0.3) is 32.7 Å². The molecule has 0 atom stereocenters. The molecule has 42 heavy (non-hydrogen) atoms. The monoisotopic (exact) mass is 539 g/mol. The Labute approximate surface area is 248 Å². The molecule has 7 rings (SSSR count). The van der Waals surface area contributed by atoms with Gasteiger partial charge >= 0.3 is 0 Å². The highest BCUT2D eigenvalue weighted by atomic mass is 15.1. The summed E-state index contributed by atoms with van der Waals surface area (Å²) in [4.78, 5) is 2.33. The Morgan fingerprint density at radius 2 is 0.810 bits per heavy atom. The van der Waals surface area contributed by atoms with Crippen LogP contribution in [0.1, 0.15) is 25.0 Å². The standard InChI is InChI=1S/C41H33N/c1-41(2,37-21-18-31-11-7-9-13-34(31)29-37)36-22-26-40(27-23-36)42(38-14-4-3-5-15-38)39-24-19-32(20-25-39)35-17-16-30-10-6-8-12-33(30)28-35/h3-29H,1-2H3. The minimum atomic E-state index is -0.123. The Morgan fingerprint density at radius 3 is 1.45 bits per heavy atom. The summed E-state index contributed by atoms with van der Waals surface area (Å²) in [5, 5.41) is 5.08. The summed E-state index contributed by atoms with van der Waals surface area (Å²) >= 11 is 0. The SMILES string of the molecule is CC(C)(c1ccc(N(c2ccccc2)c2ccc(-c3ccc4ccccc4c3)cc2)cc1)c1ccc2ccccc2c1. The fourth-order valence-electron chi connectivity index (χ4n) is 5.97. The third kappa shape index (κ3) is 4.84. The largest absolute Gasteiger partial charge is 0.311 e. The number of fused-ring (bicyclic) bond motifs is 2. The molecular weight excluding hydrogens is 506 g/mol. The van der Waals surface area contributed by atoms with Crippen molar-refractivity contribution in [2.45, 2.75) is 19.3 Å². The van der Waals surface area contributed by atoms with E-state index in [1.54, 1.807) is 0 Å². The van der Waals surface area contributed by atoms with Crippen molar-refractivity contribution in [1.29, 1.82) is 0 Å². The Kier molecular flexibility index (Phi) is 6.56. The van der Waals surface area contributed by atoms with E-state index < -0.39 is 0 Å². The van der Waals surface area contributed by atoms with Gasteiger partial charge in [0.2, 0.25) is 0 Å². The van der Waals surface area contributed by atoms with Gasteiger partial charge in [-0.05, 0) is 86.3 Å².